The van der Waals surface area contributed by atoms with E-state index >= 15 is 0 Å². The molecule has 0 rings (SSSR count). The lowest BCUT2D eigenvalue weighted by Crippen LogP contribution is -2.34. The van der Waals surface area contributed by atoms with Gasteiger partial charge in [-0.05, 0) is 46.7 Å². The van der Waals surface area contributed by atoms with Gasteiger partial charge in [-0.3, -0.25) is 0 Å². The predicted octanol–water partition coefficient (Wildman–Crippen LogP) is 1.93. The molecule has 0 aromatic rings. The zero-order valence-electron chi connectivity index (χ0n) is 14.0. The van der Waals surface area contributed by atoms with Crippen LogP contribution in [0.2, 0.25) is 0 Å². The van der Waals surface area contributed by atoms with Crippen LogP contribution in [0.5, 0.6) is 0 Å². The summed E-state index contributed by atoms with van der Waals surface area (Å²) in [7, 11) is 0. The molecule has 0 aliphatic carbocycles. The summed E-state index contributed by atoms with van der Waals surface area (Å²) in [5.41, 5.74) is -0.467. The Bertz CT molecular complexity index is 255. The highest BCUT2D eigenvalue weighted by Gasteiger charge is 2.15. The Hall–Kier alpha value is -0.850. The molecular weight excluding hydrogens is 272 g/mol. The van der Waals surface area contributed by atoms with Crippen molar-refractivity contribution in [2.24, 2.45) is 0 Å². The van der Waals surface area contributed by atoms with Gasteiger partial charge in [-0.15, -0.1) is 0 Å². The lowest BCUT2D eigenvalue weighted by molar-refractivity contribution is 0.0394. The van der Waals surface area contributed by atoms with Gasteiger partial charge >= 0.3 is 6.09 Å². The maximum absolute atomic E-state index is 11.3. The molecule has 0 heterocycles. The van der Waals surface area contributed by atoms with E-state index in [1.165, 1.54) is 0 Å². The summed E-state index contributed by atoms with van der Waals surface area (Å²) in [4.78, 5) is 11.3. The topological polar surface area (TPSA) is 68.8 Å². The largest absolute Gasteiger partial charge is 0.444 e. The molecule has 0 radical (unpaired) electrons. The minimum atomic E-state index is -0.467. The number of amides is 1. The smallest absolute Gasteiger partial charge is 0.407 e. The number of rotatable bonds is 12. The summed E-state index contributed by atoms with van der Waals surface area (Å²) < 4.78 is 15.9. The summed E-state index contributed by atoms with van der Waals surface area (Å²) in [5, 5.41) is 5.95. The van der Waals surface area contributed by atoms with E-state index in [2.05, 4.69) is 17.6 Å². The second-order valence-electron chi connectivity index (χ2n) is 5.76. The van der Waals surface area contributed by atoms with Gasteiger partial charge in [-0.1, -0.05) is 6.92 Å². The molecule has 0 aliphatic heterocycles. The number of carbonyl (C=O) groups is 1. The van der Waals surface area contributed by atoms with Crippen LogP contribution in [0.3, 0.4) is 0 Å². The first-order valence-electron chi connectivity index (χ1n) is 7.78. The van der Waals surface area contributed by atoms with E-state index in [1.807, 2.05) is 20.8 Å². The average Bonchev–Trinajstić information content (AvgIpc) is 2.38. The Morgan fingerprint density at radius 3 is 2.24 bits per heavy atom. The highest BCUT2D eigenvalue weighted by Crippen LogP contribution is 2.05. The standard InChI is InChI=1S/C15H32N2O4/c1-5-7-16-8-6-10-19-12-13-20-11-9-17-14(18)21-15(2,3)4/h16H,5-13H2,1-4H3,(H,17,18). The lowest BCUT2D eigenvalue weighted by atomic mass is 10.2. The van der Waals surface area contributed by atoms with Crippen LogP contribution in [0.15, 0.2) is 0 Å². The van der Waals surface area contributed by atoms with Crippen molar-refractivity contribution in [3.05, 3.63) is 0 Å². The fourth-order valence-electron chi connectivity index (χ4n) is 1.46. The average molecular weight is 304 g/mol. The molecule has 0 unspecified atom stereocenters. The van der Waals surface area contributed by atoms with Gasteiger partial charge in [-0.2, -0.15) is 0 Å². The number of alkyl carbamates (subject to hydrolysis) is 1. The monoisotopic (exact) mass is 304 g/mol. The molecule has 0 bridgehead atoms. The molecule has 0 spiro atoms. The number of nitrogens with one attached hydrogen (secondary N) is 2. The summed E-state index contributed by atoms with van der Waals surface area (Å²) in [6, 6.07) is 0. The zero-order chi connectivity index (χ0) is 16.0. The third kappa shape index (κ3) is 17.1. The fraction of sp³-hybridized carbons (Fsp3) is 0.933. The summed E-state index contributed by atoms with van der Waals surface area (Å²) >= 11 is 0. The van der Waals surface area contributed by atoms with Crippen molar-refractivity contribution in [3.8, 4) is 0 Å². The summed E-state index contributed by atoms with van der Waals surface area (Å²) in [6.45, 7) is 12.5. The molecule has 2 N–H and O–H groups in total. The minimum absolute atomic E-state index is 0.415. The Morgan fingerprint density at radius 1 is 0.952 bits per heavy atom. The third-order valence-electron chi connectivity index (χ3n) is 2.36. The van der Waals surface area contributed by atoms with Crippen molar-refractivity contribution in [2.45, 2.75) is 46.1 Å². The van der Waals surface area contributed by atoms with Gasteiger partial charge in [0.25, 0.3) is 0 Å². The molecule has 6 nitrogen and oxygen atoms in total. The van der Waals surface area contributed by atoms with Crippen LogP contribution in [-0.4, -0.2) is 57.8 Å². The van der Waals surface area contributed by atoms with E-state index in [0.29, 0.717) is 26.4 Å². The van der Waals surface area contributed by atoms with Gasteiger partial charge in [0.05, 0.1) is 19.8 Å². The van der Waals surface area contributed by atoms with Crippen molar-refractivity contribution in [1.82, 2.24) is 10.6 Å². The first-order chi connectivity index (χ1) is 9.95. The first kappa shape index (κ1) is 20.1. The van der Waals surface area contributed by atoms with E-state index in [0.717, 1.165) is 32.5 Å². The van der Waals surface area contributed by atoms with Crippen LogP contribution in [0.25, 0.3) is 0 Å². The Morgan fingerprint density at radius 2 is 1.62 bits per heavy atom. The van der Waals surface area contributed by atoms with Crippen molar-refractivity contribution in [1.29, 1.82) is 0 Å². The fourth-order valence-corrected chi connectivity index (χ4v) is 1.46. The van der Waals surface area contributed by atoms with E-state index in [1.54, 1.807) is 0 Å². The lowest BCUT2D eigenvalue weighted by Gasteiger charge is -2.19. The molecule has 0 fully saturated rings. The Balaban J connectivity index is 3.17. The van der Waals surface area contributed by atoms with Gasteiger partial charge in [0, 0.05) is 13.2 Å². The highest BCUT2D eigenvalue weighted by atomic mass is 16.6. The van der Waals surface area contributed by atoms with E-state index in [9.17, 15) is 4.79 Å². The SMILES string of the molecule is CCCNCCCOCCOCCNC(=O)OC(C)(C)C. The van der Waals surface area contributed by atoms with Crippen molar-refractivity contribution < 1.29 is 19.0 Å². The maximum Gasteiger partial charge on any atom is 0.407 e. The molecule has 6 heteroatoms. The Kier molecular flexibility index (Phi) is 12.3. The van der Waals surface area contributed by atoms with Crippen LogP contribution in [-0.2, 0) is 14.2 Å². The van der Waals surface area contributed by atoms with Crippen LogP contribution in [0.4, 0.5) is 4.79 Å². The second-order valence-corrected chi connectivity index (χ2v) is 5.76. The molecule has 126 valence electrons. The van der Waals surface area contributed by atoms with Crippen molar-refractivity contribution in [2.75, 3.05) is 46.1 Å². The molecule has 21 heavy (non-hydrogen) atoms. The molecule has 0 atom stereocenters. The Labute approximate surface area is 128 Å². The van der Waals surface area contributed by atoms with Gasteiger partial charge in [0.15, 0.2) is 0 Å². The third-order valence-corrected chi connectivity index (χ3v) is 2.36. The van der Waals surface area contributed by atoms with Crippen LogP contribution < -0.4 is 10.6 Å². The maximum atomic E-state index is 11.3. The molecular formula is C15H32N2O4. The molecule has 0 saturated heterocycles. The first-order valence-corrected chi connectivity index (χ1v) is 7.78. The molecule has 0 saturated carbocycles. The van der Waals surface area contributed by atoms with Gasteiger partial charge < -0.3 is 24.8 Å². The second kappa shape index (κ2) is 12.9. The van der Waals surface area contributed by atoms with Crippen LogP contribution in [0, 0.1) is 0 Å². The van der Waals surface area contributed by atoms with E-state index in [4.69, 9.17) is 14.2 Å². The van der Waals surface area contributed by atoms with Crippen LogP contribution >= 0.6 is 0 Å². The minimum Gasteiger partial charge on any atom is -0.444 e. The summed E-state index contributed by atoms with van der Waals surface area (Å²) in [6.07, 6.45) is 1.76. The number of ether oxygens (including phenoxy) is 3. The number of hydrogen-bond donors (Lipinski definition) is 2. The zero-order valence-corrected chi connectivity index (χ0v) is 14.0. The molecule has 1 amide bonds. The molecule has 0 aromatic heterocycles. The van der Waals surface area contributed by atoms with Gasteiger partial charge in [0.2, 0.25) is 0 Å². The van der Waals surface area contributed by atoms with Crippen molar-refractivity contribution >= 4 is 6.09 Å². The molecule has 0 aromatic carbocycles. The van der Waals surface area contributed by atoms with Gasteiger partial charge in [-0.25, -0.2) is 4.79 Å². The van der Waals surface area contributed by atoms with Crippen molar-refractivity contribution in [3.63, 3.8) is 0 Å². The van der Waals surface area contributed by atoms with Gasteiger partial charge in [0.1, 0.15) is 5.60 Å². The normalized spacial score (nSPS) is 11.4. The van der Waals surface area contributed by atoms with Crippen LogP contribution in [0.1, 0.15) is 40.5 Å². The van der Waals surface area contributed by atoms with E-state index < -0.39 is 11.7 Å². The number of hydrogen-bond acceptors (Lipinski definition) is 5. The number of carbonyl (C=O) groups excluding carboxylic acids is 1. The molecule has 0 aliphatic rings. The summed E-state index contributed by atoms with van der Waals surface area (Å²) in [5.74, 6) is 0. The highest BCUT2D eigenvalue weighted by molar-refractivity contribution is 5.67. The quantitative estimate of drug-likeness (QED) is 0.539. The predicted molar refractivity (Wildman–Crippen MR) is 83.7 cm³/mol. The van der Waals surface area contributed by atoms with E-state index in [-0.39, 0.29) is 0 Å².